The summed E-state index contributed by atoms with van der Waals surface area (Å²) in [4.78, 5) is 8.89. The third kappa shape index (κ3) is 5.21. The molecule has 0 unspecified atom stereocenters. The topological polar surface area (TPSA) is 25.8 Å². The average Bonchev–Trinajstić information content (AvgIpc) is 2.70. The first-order valence-electron chi connectivity index (χ1n) is 9.04. The fraction of sp³-hybridized carbons (Fsp3) is 0.217. The third-order valence-electron chi connectivity index (χ3n) is 4.19. The van der Waals surface area contributed by atoms with Gasteiger partial charge in [0.15, 0.2) is 17.5 Å². The minimum atomic E-state index is -0.896. The molecule has 0 bridgehead atoms. The second-order valence-corrected chi connectivity index (χ2v) is 6.33. The van der Waals surface area contributed by atoms with Crippen LogP contribution in [0.4, 0.5) is 8.78 Å². The van der Waals surface area contributed by atoms with E-state index in [9.17, 15) is 8.78 Å². The Morgan fingerprint density at radius 3 is 2.15 bits per heavy atom. The van der Waals surface area contributed by atoms with Gasteiger partial charge >= 0.3 is 0 Å². The molecule has 3 aromatic rings. The first-order chi connectivity index (χ1) is 13.2. The molecule has 0 aliphatic rings. The van der Waals surface area contributed by atoms with Crippen LogP contribution < -0.4 is 0 Å². The standard InChI is InChI=1S/C23H20F2N2/c1-2-3-4-5-19-15-26-23(27-16-19)20-11-8-17(9-12-20)6-7-18-10-13-21(24)22(25)14-18/h8-16H,2-5H2,1H3. The molecular formula is C23H20F2N2. The van der Waals surface area contributed by atoms with Crippen LogP contribution in [0.3, 0.4) is 0 Å². The van der Waals surface area contributed by atoms with Crippen molar-refractivity contribution in [2.24, 2.45) is 0 Å². The first-order valence-corrected chi connectivity index (χ1v) is 9.04. The van der Waals surface area contributed by atoms with Gasteiger partial charge in [-0.2, -0.15) is 0 Å². The van der Waals surface area contributed by atoms with Crippen LogP contribution in [0.15, 0.2) is 54.9 Å². The van der Waals surface area contributed by atoms with Crippen molar-refractivity contribution in [2.45, 2.75) is 32.6 Å². The van der Waals surface area contributed by atoms with E-state index in [1.165, 1.54) is 18.9 Å². The number of halogens is 2. The maximum atomic E-state index is 13.2. The van der Waals surface area contributed by atoms with Crippen molar-refractivity contribution in [1.29, 1.82) is 0 Å². The quantitative estimate of drug-likeness (QED) is 0.439. The number of hydrogen-bond acceptors (Lipinski definition) is 2. The number of aromatic nitrogens is 2. The van der Waals surface area contributed by atoms with Gasteiger partial charge in [0.2, 0.25) is 0 Å². The average molecular weight is 362 g/mol. The number of rotatable bonds is 5. The number of unbranched alkanes of at least 4 members (excludes halogenated alkanes) is 2. The van der Waals surface area contributed by atoms with Gasteiger partial charge in [0, 0.05) is 29.1 Å². The van der Waals surface area contributed by atoms with Crippen LogP contribution in [-0.2, 0) is 6.42 Å². The van der Waals surface area contributed by atoms with Gasteiger partial charge in [0.05, 0.1) is 0 Å². The lowest BCUT2D eigenvalue weighted by atomic mass is 10.1. The number of nitrogens with zero attached hydrogens (tertiary/aromatic N) is 2. The van der Waals surface area contributed by atoms with Crippen LogP contribution in [0.1, 0.15) is 42.9 Å². The molecule has 0 saturated heterocycles. The van der Waals surface area contributed by atoms with E-state index in [0.29, 0.717) is 11.4 Å². The Morgan fingerprint density at radius 2 is 1.48 bits per heavy atom. The molecule has 0 fully saturated rings. The molecule has 3 rings (SSSR count). The lowest BCUT2D eigenvalue weighted by Gasteiger charge is -2.03. The zero-order valence-corrected chi connectivity index (χ0v) is 15.2. The second-order valence-electron chi connectivity index (χ2n) is 6.33. The maximum Gasteiger partial charge on any atom is 0.160 e. The van der Waals surface area contributed by atoms with Crippen molar-refractivity contribution in [3.05, 3.63) is 83.2 Å². The highest BCUT2D eigenvalue weighted by Gasteiger charge is 2.02. The highest BCUT2D eigenvalue weighted by atomic mass is 19.2. The van der Waals surface area contributed by atoms with Gasteiger partial charge in [-0.05, 0) is 60.9 Å². The van der Waals surface area contributed by atoms with Gasteiger partial charge in [-0.3, -0.25) is 0 Å². The molecule has 0 aliphatic carbocycles. The normalized spacial score (nSPS) is 10.3. The zero-order chi connectivity index (χ0) is 19.1. The Morgan fingerprint density at radius 1 is 0.815 bits per heavy atom. The molecule has 0 N–H and O–H groups in total. The van der Waals surface area contributed by atoms with E-state index in [1.54, 1.807) is 0 Å². The highest BCUT2D eigenvalue weighted by Crippen LogP contribution is 2.16. The summed E-state index contributed by atoms with van der Waals surface area (Å²) < 4.78 is 26.1. The summed E-state index contributed by atoms with van der Waals surface area (Å²) in [5.74, 6) is 4.68. The van der Waals surface area contributed by atoms with Crippen molar-refractivity contribution >= 4 is 0 Å². The second kappa shape index (κ2) is 9.05. The summed E-state index contributed by atoms with van der Waals surface area (Å²) in [6.45, 7) is 2.19. The van der Waals surface area contributed by atoms with Crippen molar-refractivity contribution < 1.29 is 8.78 Å². The molecule has 27 heavy (non-hydrogen) atoms. The summed E-state index contributed by atoms with van der Waals surface area (Å²) in [5.41, 5.74) is 3.27. The van der Waals surface area contributed by atoms with Crippen LogP contribution in [0.2, 0.25) is 0 Å². The van der Waals surface area contributed by atoms with E-state index in [2.05, 4.69) is 28.7 Å². The molecular weight excluding hydrogens is 342 g/mol. The van der Waals surface area contributed by atoms with Crippen LogP contribution in [0.5, 0.6) is 0 Å². The molecule has 4 heteroatoms. The summed E-state index contributed by atoms with van der Waals surface area (Å²) in [5, 5.41) is 0. The monoisotopic (exact) mass is 362 g/mol. The van der Waals surface area contributed by atoms with Gasteiger partial charge in [-0.1, -0.05) is 31.6 Å². The first kappa shape index (κ1) is 18.7. The SMILES string of the molecule is CCCCCc1cnc(-c2ccc(C#Cc3ccc(F)c(F)c3)cc2)nc1. The van der Waals surface area contributed by atoms with Gasteiger partial charge in [-0.25, -0.2) is 18.7 Å². The Labute approximate surface area is 158 Å². The molecule has 0 spiro atoms. The third-order valence-corrected chi connectivity index (χ3v) is 4.19. The summed E-state index contributed by atoms with van der Waals surface area (Å²) in [7, 11) is 0. The predicted octanol–water partition coefficient (Wildman–Crippen LogP) is 5.55. The Bertz CT molecular complexity index is 952. The molecule has 136 valence electrons. The van der Waals surface area contributed by atoms with E-state index in [4.69, 9.17) is 0 Å². The fourth-order valence-corrected chi connectivity index (χ4v) is 2.63. The molecule has 0 radical (unpaired) electrons. The number of aryl methyl sites for hydroxylation is 1. The van der Waals surface area contributed by atoms with Gasteiger partial charge in [0.1, 0.15) is 0 Å². The van der Waals surface area contributed by atoms with Gasteiger partial charge in [-0.15, -0.1) is 0 Å². The van der Waals surface area contributed by atoms with Crippen LogP contribution in [0, 0.1) is 23.5 Å². The van der Waals surface area contributed by atoms with Crippen LogP contribution in [0.25, 0.3) is 11.4 Å². The fourth-order valence-electron chi connectivity index (χ4n) is 2.63. The minimum Gasteiger partial charge on any atom is -0.236 e. The lowest BCUT2D eigenvalue weighted by molar-refractivity contribution is 0.508. The Hall–Kier alpha value is -3.06. The largest absolute Gasteiger partial charge is 0.236 e. The highest BCUT2D eigenvalue weighted by molar-refractivity contribution is 5.57. The predicted molar refractivity (Wildman–Crippen MR) is 103 cm³/mol. The molecule has 1 aromatic heterocycles. The number of benzene rings is 2. The van der Waals surface area contributed by atoms with Crippen LogP contribution in [-0.4, -0.2) is 9.97 Å². The molecule has 0 aliphatic heterocycles. The van der Waals surface area contributed by atoms with E-state index in [1.807, 2.05) is 36.7 Å². The maximum absolute atomic E-state index is 13.2. The van der Waals surface area contributed by atoms with Crippen molar-refractivity contribution in [3.8, 4) is 23.2 Å². The summed E-state index contributed by atoms with van der Waals surface area (Å²) >= 11 is 0. The molecule has 2 aromatic carbocycles. The Balaban J connectivity index is 1.68. The molecule has 0 saturated carbocycles. The van der Waals surface area contributed by atoms with Crippen molar-refractivity contribution in [2.75, 3.05) is 0 Å². The van der Waals surface area contributed by atoms with E-state index in [0.717, 1.165) is 41.7 Å². The molecule has 1 heterocycles. The summed E-state index contributed by atoms with van der Waals surface area (Å²) in [6, 6.07) is 11.2. The van der Waals surface area contributed by atoms with Gasteiger partial charge < -0.3 is 0 Å². The molecule has 0 atom stereocenters. The minimum absolute atomic E-state index is 0.431. The van der Waals surface area contributed by atoms with E-state index >= 15 is 0 Å². The lowest BCUT2D eigenvalue weighted by Crippen LogP contribution is -1.93. The zero-order valence-electron chi connectivity index (χ0n) is 15.2. The smallest absolute Gasteiger partial charge is 0.160 e. The molecule has 2 nitrogen and oxygen atoms in total. The Kier molecular flexibility index (Phi) is 6.27. The number of hydrogen-bond donors (Lipinski definition) is 0. The molecule has 0 amide bonds. The van der Waals surface area contributed by atoms with Gasteiger partial charge in [0.25, 0.3) is 0 Å². The van der Waals surface area contributed by atoms with Crippen molar-refractivity contribution in [1.82, 2.24) is 9.97 Å². The van der Waals surface area contributed by atoms with E-state index < -0.39 is 11.6 Å². The van der Waals surface area contributed by atoms with Crippen LogP contribution >= 0.6 is 0 Å². The van der Waals surface area contributed by atoms with Crippen molar-refractivity contribution in [3.63, 3.8) is 0 Å². The van der Waals surface area contributed by atoms with E-state index in [-0.39, 0.29) is 0 Å². The summed E-state index contributed by atoms with van der Waals surface area (Å²) in [6.07, 6.45) is 8.35.